The summed E-state index contributed by atoms with van der Waals surface area (Å²) >= 11 is 0. The molecule has 1 fully saturated rings. The van der Waals surface area contributed by atoms with Crippen molar-refractivity contribution in [2.24, 2.45) is 5.92 Å². The zero-order valence-corrected chi connectivity index (χ0v) is 11.6. The number of aliphatic hydroxyl groups excluding tert-OH is 1. The fourth-order valence-corrected chi connectivity index (χ4v) is 2.41. The SMILES string of the molecule is CCC(C)(C)c1ccc(C(O)C2CCOC2)cc1. The standard InChI is InChI=1S/C16H24O2/c1-4-16(2,3)14-7-5-12(6-8-14)15(17)13-9-10-18-11-13/h5-8,13,15,17H,4,9-11H2,1-3H3. The van der Waals surface area contributed by atoms with E-state index in [2.05, 4.69) is 45.0 Å². The molecule has 0 bridgehead atoms. The van der Waals surface area contributed by atoms with Crippen LogP contribution in [0.4, 0.5) is 0 Å². The monoisotopic (exact) mass is 248 g/mol. The van der Waals surface area contributed by atoms with E-state index >= 15 is 0 Å². The lowest BCUT2D eigenvalue weighted by atomic mass is 9.81. The minimum atomic E-state index is -0.383. The number of benzene rings is 1. The number of aliphatic hydroxyl groups is 1. The van der Waals surface area contributed by atoms with Crippen molar-refractivity contribution in [1.82, 2.24) is 0 Å². The van der Waals surface area contributed by atoms with Crippen LogP contribution in [-0.2, 0) is 10.2 Å². The van der Waals surface area contributed by atoms with Gasteiger partial charge in [0.05, 0.1) is 12.7 Å². The number of hydrogen-bond donors (Lipinski definition) is 1. The summed E-state index contributed by atoms with van der Waals surface area (Å²) in [6, 6.07) is 8.43. The lowest BCUT2D eigenvalue weighted by Crippen LogP contribution is -2.16. The molecule has 18 heavy (non-hydrogen) atoms. The maximum Gasteiger partial charge on any atom is 0.0841 e. The fourth-order valence-electron chi connectivity index (χ4n) is 2.41. The second kappa shape index (κ2) is 5.41. The first-order chi connectivity index (χ1) is 8.54. The van der Waals surface area contributed by atoms with E-state index in [1.54, 1.807) is 0 Å². The van der Waals surface area contributed by atoms with E-state index < -0.39 is 0 Å². The average molecular weight is 248 g/mol. The van der Waals surface area contributed by atoms with Gasteiger partial charge in [0.25, 0.3) is 0 Å². The molecule has 2 unspecified atom stereocenters. The second-order valence-electron chi connectivity index (χ2n) is 5.93. The molecule has 100 valence electrons. The molecule has 0 spiro atoms. The predicted molar refractivity (Wildman–Crippen MR) is 73.6 cm³/mol. The average Bonchev–Trinajstić information content (AvgIpc) is 2.92. The third-order valence-electron chi connectivity index (χ3n) is 4.33. The lowest BCUT2D eigenvalue weighted by molar-refractivity contribution is 0.0918. The summed E-state index contributed by atoms with van der Waals surface area (Å²) in [6.45, 7) is 8.18. The van der Waals surface area contributed by atoms with Gasteiger partial charge in [-0.2, -0.15) is 0 Å². The molecule has 2 atom stereocenters. The first kappa shape index (κ1) is 13.6. The van der Waals surface area contributed by atoms with E-state index in [-0.39, 0.29) is 17.4 Å². The molecule has 1 aromatic rings. The summed E-state index contributed by atoms with van der Waals surface area (Å²) in [4.78, 5) is 0. The van der Waals surface area contributed by atoms with Crippen LogP contribution >= 0.6 is 0 Å². The Labute approximate surface area is 110 Å². The van der Waals surface area contributed by atoms with Crippen LogP contribution in [0.1, 0.15) is 50.8 Å². The normalized spacial score (nSPS) is 22.1. The molecule has 2 nitrogen and oxygen atoms in total. The topological polar surface area (TPSA) is 29.5 Å². The summed E-state index contributed by atoms with van der Waals surface area (Å²) in [5, 5.41) is 10.3. The highest BCUT2D eigenvalue weighted by Gasteiger charge is 2.25. The molecule has 1 aromatic carbocycles. The van der Waals surface area contributed by atoms with Crippen LogP contribution in [0.2, 0.25) is 0 Å². The Morgan fingerprint density at radius 2 is 2.00 bits per heavy atom. The number of hydrogen-bond acceptors (Lipinski definition) is 2. The minimum absolute atomic E-state index is 0.208. The van der Waals surface area contributed by atoms with Gasteiger partial charge in [-0.1, -0.05) is 45.0 Å². The molecule has 1 N–H and O–H groups in total. The van der Waals surface area contributed by atoms with Crippen molar-refractivity contribution in [1.29, 1.82) is 0 Å². The van der Waals surface area contributed by atoms with Crippen LogP contribution in [0.3, 0.4) is 0 Å². The number of rotatable bonds is 4. The summed E-state index contributed by atoms with van der Waals surface area (Å²) < 4.78 is 5.34. The highest BCUT2D eigenvalue weighted by Crippen LogP contribution is 2.31. The van der Waals surface area contributed by atoms with E-state index in [4.69, 9.17) is 4.74 Å². The smallest absolute Gasteiger partial charge is 0.0841 e. The second-order valence-corrected chi connectivity index (χ2v) is 5.93. The highest BCUT2D eigenvalue weighted by atomic mass is 16.5. The van der Waals surface area contributed by atoms with E-state index in [0.29, 0.717) is 6.61 Å². The Bertz CT molecular complexity index is 375. The largest absolute Gasteiger partial charge is 0.388 e. The van der Waals surface area contributed by atoms with Gasteiger partial charge in [0, 0.05) is 12.5 Å². The van der Waals surface area contributed by atoms with Crippen molar-refractivity contribution in [3.05, 3.63) is 35.4 Å². The molecule has 0 radical (unpaired) electrons. The first-order valence-corrected chi connectivity index (χ1v) is 6.91. The first-order valence-electron chi connectivity index (χ1n) is 6.91. The van der Waals surface area contributed by atoms with Gasteiger partial charge in [0.2, 0.25) is 0 Å². The zero-order valence-electron chi connectivity index (χ0n) is 11.6. The van der Waals surface area contributed by atoms with Crippen molar-refractivity contribution in [2.45, 2.75) is 45.1 Å². The molecule has 1 saturated heterocycles. The molecule has 0 aliphatic carbocycles. The summed E-state index contributed by atoms with van der Waals surface area (Å²) in [5.74, 6) is 0.259. The Morgan fingerprint density at radius 3 is 2.50 bits per heavy atom. The van der Waals surface area contributed by atoms with Gasteiger partial charge in [-0.15, -0.1) is 0 Å². The molecular formula is C16H24O2. The molecule has 0 amide bonds. The number of ether oxygens (including phenoxy) is 1. The van der Waals surface area contributed by atoms with Gasteiger partial charge in [-0.25, -0.2) is 0 Å². The highest BCUT2D eigenvalue weighted by molar-refractivity contribution is 5.29. The van der Waals surface area contributed by atoms with Crippen LogP contribution < -0.4 is 0 Å². The molecule has 1 aliphatic rings. The van der Waals surface area contributed by atoms with E-state index in [9.17, 15) is 5.11 Å². The van der Waals surface area contributed by atoms with E-state index in [1.165, 1.54) is 5.56 Å². The molecule has 1 aliphatic heterocycles. The molecule has 0 aromatic heterocycles. The summed E-state index contributed by atoms with van der Waals surface area (Å²) in [6.07, 6.45) is 1.70. The van der Waals surface area contributed by atoms with Crippen LogP contribution in [0.15, 0.2) is 24.3 Å². The Morgan fingerprint density at radius 1 is 1.33 bits per heavy atom. The van der Waals surface area contributed by atoms with Crippen LogP contribution in [-0.4, -0.2) is 18.3 Å². The Kier molecular flexibility index (Phi) is 4.08. The third kappa shape index (κ3) is 2.76. The van der Waals surface area contributed by atoms with Crippen LogP contribution in [0.5, 0.6) is 0 Å². The van der Waals surface area contributed by atoms with Crippen LogP contribution in [0.25, 0.3) is 0 Å². The van der Waals surface area contributed by atoms with E-state index in [1.807, 2.05) is 0 Å². The van der Waals surface area contributed by atoms with Gasteiger partial charge in [0.1, 0.15) is 0 Å². The van der Waals surface area contributed by atoms with Gasteiger partial charge < -0.3 is 9.84 Å². The van der Waals surface area contributed by atoms with Crippen molar-refractivity contribution < 1.29 is 9.84 Å². The molecular weight excluding hydrogens is 224 g/mol. The minimum Gasteiger partial charge on any atom is -0.388 e. The predicted octanol–water partition coefficient (Wildman–Crippen LogP) is 3.44. The molecule has 1 heterocycles. The van der Waals surface area contributed by atoms with Crippen molar-refractivity contribution >= 4 is 0 Å². The van der Waals surface area contributed by atoms with Gasteiger partial charge >= 0.3 is 0 Å². The van der Waals surface area contributed by atoms with Gasteiger partial charge in [0.15, 0.2) is 0 Å². The van der Waals surface area contributed by atoms with Gasteiger partial charge in [-0.3, -0.25) is 0 Å². The third-order valence-corrected chi connectivity index (χ3v) is 4.33. The van der Waals surface area contributed by atoms with Gasteiger partial charge in [-0.05, 0) is 29.4 Å². The maximum absolute atomic E-state index is 10.3. The van der Waals surface area contributed by atoms with Crippen molar-refractivity contribution in [3.8, 4) is 0 Å². The zero-order chi connectivity index (χ0) is 13.2. The maximum atomic E-state index is 10.3. The summed E-state index contributed by atoms with van der Waals surface area (Å²) in [5.41, 5.74) is 2.56. The molecule has 2 rings (SSSR count). The van der Waals surface area contributed by atoms with Crippen LogP contribution in [0, 0.1) is 5.92 Å². The van der Waals surface area contributed by atoms with Crippen molar-refractivity contribution in [3.63, 3.8) is 0 Å². The lowest BCUT2D eigenvalue weighted by Gasteiger charge is -2.24. The molecule has 0 saturated carbocycles. The Hall–Kier alpha value is -0.860. The van der Waals surface area contributed by atoms with E-state index in [0.717, 1.165) is 25.0 Å². The molecule has 2 heteroatoms. The quantitative estimate of drug-likeness (QED) is 0.884. The fraction of sp³-hybridized carbons (Fsp3) is 0.625. The summed E-state index contributed by atoms with van der Waals surface area (Å²) in [7, 11) is 0. The Balaban J connectivity index is 2.12. The van der Waals surface area contributed by atoms with Crippen molar-refractivity contribution in [2.75, 3.05) is 13.2 Å².